The van der Waals surface area contributed by atoms with E-state index in [9.17, 15) is 23.2 Å². The molecule has 2 aromatic rings. The van der Waals surface area contributed by atoms with Gasteiger partial charge in [0, 0.05) is 10.9 Å². The molecule has 0 saturated heterocycles. The number of benzene rings is 1. The molecule has 2 unspecified atom stereocenters. The van der Waals surface area contributed by atoms with Crippen molar-refractivity contribution in [2.24, 2.45) is 5.92 Å². The van der Waals surface area contributed by atoms with E-state index in [2.05, 4.69) is 12.2 Å². The first-order valence-electron chi connectivity index (χ1n) is 9.99. The average molecular weight is 451 g/mol. The van der Waals surface area contributed by atoms with Gasteiger partial charge in [-0.05, 0) is 56.7 Å². The van der Waals surface area contributed by atoms with Gasteiger partial charge in [0.2, 0.25) is 0 Å². The number of hydrogen-bond acceptors (Lipinski definition) is 6. The molecule has 1 aliphatic carbocycles. The third kappa shape index (κ3) is 5.10. The van der Waals surface area contributed by atoms with Gasteiger partial charge < -0.3 is 14.8 Å². The topological polar surface area (TPSA) is 81.7 Å². The van der Waals surface area contributed by atoms with Crippen LogP contribution in [0, 0.1) is 17.6 Å². The van der Waals surface area contributed by atoms with E-state index in [1.165, 1.54) is 18.3 Å². The number of anilines is 1. The predicted octanol–water partition coefficient (Wildman–Crippen LogP) is 4.51. The molecule has 31 heavy (non-hydrogen) atoms. The second kappa shape index (κ2) is 9.55. The monoisotopic (exact) mass is 451 g/mol. The number of carbonyl (C=O) groups is 3. The molecule has 9 heteroatoms. The molecule has 0 saturated carbocycles. The van der Waals surface area contributed by atoms with Gasteiger partial charge in [0.05, 0.1) is 17.7 Å². The highest BCUT2D eigenvalue weighted by Gasteiger charge is 2.30. The lowest BCUT2D eigenvalue weighted by molar-refractivity contribution is -0.123. The number of amides is 1. The Morgan fingerprint density at radius 1 is 1.26 bits per heavy atom. The molecule has 0 fully saturated rings. The minimum absolute atomic E-state index is 0.199. The fraction of sp³-hybridized carbons (Fsp3) is 0.409. The van der Waals surface area contributed by atoms with Gasteiger partial charge in [-0.15, -0.1) is 11.3 Å². The Morgan fingerprint density at radius 3 is 2.68 bits per heavy atom. The normalized spacial score (nSPS) is 16.2. The number of esters is 2. The Bertz CT molecular complexity index is 1020. The quantitative estimate of drug-likeness (QED) is 0.654. The zero-order valence-corrected chi connectivity index (χ0v) is 18.2. The third-order valence-corrected chi connectivity index (χ3v) is 6.20. The Morgan fingerprint density at radius 2 is 2.00 bits per heavy atom. The second-order valence-corrected chi connectivity index (χ2v) is 8.54. The standard InChI is InChI=1S/C22H23F2NO5S/c1-4-29-22(28)18-15-7-5-11(2)9-17(15)31-20(18)25-19(26)12(3)30-21(27)14-8-6-13(23)10-16(14)24/h6,8,10-12H,4-5,7,9H2,1-3H3,(H,25,26). The number of fused-ring (bicyclic) bond motifs is 1. The summed E-state index contributed by atoms with van der Waals surface area (Å²) in [6, 6.07) is 2.43. The van der Waals surface area contributed by atoms with Crippen molar-refractivity contribution in [1.29, 1.82) is 0 Å². The maximum atomic E-state index is 13.8. The first-order valence-corrected chi connectivity index (χ1v) is 10.8. The van der Waals surface area contributed by atoms with Crippen LogP contribution in [0.2, 0.25) is 0 Å². The van der Waals surface area contributed by atoms with Crippen LogP contribution in [0.3, 0.4) is 0 Å². The van der Waals surface area contributed by atoms with E-state index >= 15 is 0 Å². The van der Waals surface area contributed by atoms with E-state index in [1.54, 1.807) is 6.92 Å². The SMILES string of the molecule is CCOC(=O)c1c(NC(=O)C(C)OC(=O)c2ccc(F)cc2F)sc2c1CCC(C)C2. The molecule has 1 N–H and O–H groups in total. The maximum Gasteiger partial charge on any atom is 0.341 e. The van der Waals surface area contributed by atoms with Gasteiger partial charge in [-0.1, -0.05) is 6.92 Å². The number of ether oxygens (including phenoxy) is 2. The molecule has 1 amide bonds. The van der Waals surface area contributed by atoms with Crippen LogP contribution in [0.25, 0.3) is 0 Å². The second-order valence-electron chi connectivity index (χ2n) is 7.44. The number of hydrogen-bond donors (Lipinski definition) is 1. The number of halogens is 2. The van der Waals surface area contributed by atoms with Crippen molar-refractivity contribution in [3.05, 3.63) is 51.4 Å². The summed E-state index contributed by atoms with van der Waals surface area (Å²) in [4.78, 5) is 38.4. The first-order chi connectivity index (χ1) is 14.7. The Labute approximate surface area is 182 Å². The van der Waals surface area contributed by atoms with Crippen LogP contribution >= 0.6 is 11.3 Å². The summed E-state index contributed by atoms with van der Waals surface area (Å²) in [5.41, 5.74) is 0.744. The van der Waals surface area contributed by atoms with E-state index in [-0.39, 0.29) is 6.61 Å². The maximum absolute atomic E-state index is 13.8. The first kappa shape index (κ1) is 22.9. The molecule has 0 spiro atoms. The van der Waals surface area contributed by atoms with Gasteiger partial charge in [-0.25, -0.2) is 18.4 Å². The van der Waals surface area contributed by atoms with Gasteiger partial charge in [-0.2, -0.15) is 0 Å². The van der Waals surface area contributed by atoms with Crippen LogP contribution in [0.15, 0.2) is 18.2 Å². The van der Waals surface area contributed by atoms with Gasteiger partial charge >= 0.3 is 11.9 Å². The van der Waals surface area contributed by atoms with Crippen LogP contribution in [0.4, 0.5) is 13.8 Å². The fourth-order valence-corrected chi connectivity index (χ4v) is 4.81. The highest BCUT2D eigenvalue weighted by Crippen LogP contribution is 2.40. The molecule has 2 atom stereocenters. The molecule has 0 bridgehead atoms. The Balaban J connectivity index is 1.77. The highest BCUT2D eigenvalue weighted by atomic mass is 32.1. The van der Waals surface area contributed by atoms with Crippen molar-refractivity contribution in [3.63, 3.8) is 0 Å². The summed E-state index contributed by atoms with van der Waals surface area (Å²) in [7, 11) is 0. The lowest BCUT2D eigenvalue weighted by atomic mass is 9.88. The van der Waals surface area contributed by atoms with Crippen molar-refractivity contribution >= 4 is 34.2 Å². The van der Waals surface area contributed by atoms with Crippen LogP contribution in [0.5, 0.6) is 0 Å². The van der Waals surface area contributed by atoms with Crippen LogP contribution in [-0.2, 0) is 27.1 Å². The molecule has 1 aromatic carbocycles. The van der Waals surface area contributed by atoms with Crippen molar-refractivity contribution in [2.45, 2.75) is 46.1 Å². The summed E-state index contributed by atoms with van der Waals surface area (Å²) >= 11 is 1.31. The molecule has 1 heterocycles. The Hall–Kier alpha value is -2.81. The fourth-order valence-electron chi connectivity index (χ4n) is 3.40. The average Bonchev–Trinajstić information content (AvgIpc) is 3.04. The number of nitrogens with one attached hydrogen (secondary N) is 1. The van der Waals surface area contributed by atoms with Crippen LogP contribution in [-0.4, -0.2) is 30.6 Å². The smallest absolute Gasteiger partial charge is 0.341 e. The molecule has 1 aromatic heterocycles. The summed E-state index contributed by atoms with van der Waals surface area (Å²) in [6.07, 6.45) is 1.17. The van der Waals surface area contributed by atoms with Gasteiger partial charge in [0.1, 0.15) is 16.6 Å². The largest absolute Gasteiger partial charge is 0.462 e. The minimum atomic E-state index is -1.27. The molecule has 166 valence electrons. The van der Waals surface area contributed by atoms with Crippen molar-refractivity contribution < 1.29 is 32.6 Å². The highest BCUT2D eigenvalue weighted by molar-refractivity contribution is 7.17. The van der Waals surface area contributed by atoms with Crippen molar-refractivity contribution in [2.75, 3.05) is 11.9 Å². The molecule has 0 aliphatic heterocycles. The lowest BCUT2D eigenvalue weighted by Gasteiger charge is -2.18. The molecule has 3 rings (SSSR count). The van der Waals surface area contributed by atoms with E-state index in [4.69, 9.17) is 9.47 Å². The molecule has 1 aliphatic rings. The van der Waals surface area contributed by atoms with Crippen LogP contribution in [0.1, 0.15) is 58.3 Å². The number of rotatable bonds is 6. The van der Waals surface area contributed by atoms with Crippen molar-refractivity contribution in [1.82, 2.24) is 0 Å². The van der Waals surface area contributed by atoms with Gasteiger partial charge in [-0.3, -0.25) is 4.79 Å². The molecule has 6 nitrogen and oxygen atoms in total. The van der Waals surface area contributed by atoms with Crippen molar-refractivity contribution in [3.8, 4) is 0 Å². The van der Waals surface area contributed by atoms with Crippen LogP contribution < -0.4 is 5.32 Å². The zero-order valence-electron chi connectivity index (χ0n) is 17.4. The third-order valence-electron chi connectivity index (χ3n) is 5.03. The molecule has 0 radical (unpaired) electrons. The summed E-state index contributed by atoms with van der Waals surface area (Å²) < 4.78 is 37.0. The van der Waals surface area contributed by atoms with E-state index < -0.39 is 41.1 Å². The van der Waals surface area contributed by atoms with Gasteiger partial charge in [0.25, 0.3) is 5.91 Å². The predicted molar refractivity (Wildman–Crippen MR) is 111 cm³/mol. The lowest BCUT2D eigenvalue weighted by Crippen LogP contribution is -2.30. The summed E-state index contributed by atoms with van der Waals surface area (Å²) in [5, 5.41) is 3.00. The van der Waals surface area contributed by atoms with E-state index in [0.29, 0.717) is 29.0 Å². The summed E-state index contributed by atoms with van der Waals surface area (Å²) in [6.45, 7) is 5.35. The van der Waals surface area contributed by atoms with E-state index in [0.717, 1.165) is 35.4 Å². The zero-order chi connectivity index (χ0) is 22.7. The molecular weight excluding hydrogens is 428 g/mol. The molecular formula is C22H23F2NO5S. The summed E-state index contributed by atoms with van der Waals surface area (Å²) in [5.74, 6) is -3.72. The Kier molecular flexibility index (Phi) is 7.04. The number of carbonyl (C=O) groups excluding carboxylic acids is 3. The number of thiophene rings is 1. The van der Waals surface area contributed by atoms with E-state index in [1.807, 2.05) is 0 Å². The van der Waals surface area contributed by atoms with Gasteiger partial charge in [0.15, 0.2) is 6.10 Å². The minimum Gasteiger partial charge on any atom is -0.462 e.